The summed E-state index contributed by atoms with van der Waals surface area (Å²) in [6.45, 7) is 5.24. The molecule has 222 valence electrons. The summed E-state index contributed by atoms with van der Waals surface area (Å²) in [5.74, 6) is -4.47. The number of hydrogen-bond acceptors (Lipinski definition) is 10. The number of rotatable bonds is 8. The molecule has 2 fully saturated rings. The average molecular weight is 576 g/mol. The molecule has 0 bridgehead atoms. The molecule has 0 radical (unpaired) electrons. The van der Waals surface area contributed by atoms with Crippen LogP contribution in [0.25, 0.3) is 0 Å². The van der Waals surface area contributed by atoms with Crippen molar-refractivity contribution in [3.8, 4) is 11.5 Å². The first-order valence-corrected chi connectivity index (χ1v) is 13.0. The van der Waals surface area contributed by atoms with E-state index < -0.39 is 42.1 Å². The summed E-state index contributed by atoms with van der Waals surface area (Å²) in [5.41, 5.74) is 0.204. The SMILES string of the molecule is COc1ccc2c(c1)C1(OCC(CN3CCOCC3)O1)c1ccccc1CO2.O=C(O)CC(O)(CC(=O)O)C(=O)O. The second-order valence-corrected chi connectivity index (χ2v) is 9.87. The van der Waals surface area contributed by atoms with Gasteiger partial charge in [0.2, 0.25) is 5.79 Å². The van der Waals surface area contributed by atoms with Crippen LogP contribution in [-0.2, 0) is 41.0 Å². The highest BCUT2D eigenvalue weighted by Gasteiger charge is 2.49. The topological polar surface area (TPSA) is 182 Å². The molecular formula is C28H33NO12. The normalized spacial score (nSPS) is 21.9. The number of fused-ring (bicyclic) bond motifs is 4. The number of nitrogens with zero attached hydrogens (tertiary/aromatic N) is 1. The number of carboxylic acid groups (broad SMARTS) is 3. The monoisotopic (exact) mass is 575 g/mol. The quantitative estimate of drug-likeness (QED) is 0.354. The lowest BCUT2D eigenvalue weighted by atomic mass is 9.93. The minimum absolute atomic E-state index is 0.0247. The molecule has 2 saturated heterocycles. The summed E-state index contributed by atoms with van der Waals surface area (Å²) in [6.07, 6.45) is -2.31. The number of aliphatic hydroxyl groups is 1. The molecule has 5 rings (SSSR count). The van der Waals surface area contributed by atoms with Crippen LogP contribution in [0.3, 0.4) is 0 Å². The van der Waals surface area contributed by atoms with Crippen molar-refractivity contribution in [2.45, 2.75) is 36.9 Å². The van der Waals surface area contributed by atoms with Gasteiger partial charge in [-0.05, 0) is 23.8 Å². The van der Waals surface area contributed by atoms with Gasteiger partial charge in [-0.3, -0.25) is 14.5 Å². The van der Waals surface area contributed by atoms with E-state index in [-0.39, 0.29) is 6.10 Å². The van der Waals surface area contributed by atoms with Gasteiger partial charge in [0.15, 0.2) is 5.60 Å². The molecule has 1 spiro atoms. The van der Waals surface area contributed by atoms with Crippen LogP contribution in [0.4, 0.5) is 0 Å². The number of benzene rings is 2. The van der Waals surface area contributed by atoms with Crippen LogP contribution in [-0.4, -0.2) is 102 Å². The van der Waals surface area contributed by atoms with Crippen LogP contribution >= 0.6 is 0 Å². The highest BCUT2D eigenvalue weighted by molar-refractivity contribution is 5.88. The molecule has 2 aromatic carbocycles. The molecule has 0 saturated carbocycles. The third-order valence-corrected chi connectivity index (χ3v) is 6.95. The first-order valence-electron chi connectivity index (χ1n) is 13.0. The molecule has 2 unspecified atom stereocenters. The zero-order chi connectivity index (χ0) is 29.6. The number of carbonyl (C=O) groups is 3. The number of morpholine rings is 1. The summed E-state index contributed by atoms with van der Waals surface area (Å²) in [5, 5.41) is 33.8. The number of hydrogen-bond donors (Lipinski definition) is 4. The van der Waals surface area contributed by atoms with Gasteiger partial charge in [-0.25, -0.2) is 4.79 Å². The van der Waals surface area contributed by atoms with Crippen molar-refractivity contribution in [1.29, 1.82) is 0 Å². The standard InChI is InChI=1S/C22H25NO5.C6H8O7/c1-24-17-6-7-21-20(12-17)22(19-5-3-2-4-16(19)14-26-21)27-15-18(28-22)13-23-8-10-25-11-9-23;7-3(8)1-6(13,5(11)12)2-4(9)10/h2-7,12,18H,8-11,13-15H2,1H3;13H,1-2H2,(H,7,8)(H,9,10)(H,11,12). The van der Waals surface area contributed by atoms with E-state index in [1.54, 1.807) is 7.11 Å². The van der Waals surface area contributed by atoms with E-state index in [9.17, 15) is 14.4 Å². The Labute approximate surface area is 235 Å². The maximum Gasteiger partial charge on any atom is 0.336 e. The fourth-order valence-electron chi connectivity index (χ4n) is 4.96. The number of methoxy groups -OCH3 is 1. The molecule has 2 aromatic rings. The van der Waals surface area contributed by atoms with E-state index in [0.29, 0.717) is 13.2 Å². The van der Waals surface area contributed by atoms with Gasteiger partial charge in [0.1, 0.15) is 18.1 Å². The number of ether oxygens (including phenoxy) is 5. The van der Waals surface area contributed by atoms with Crippen LogP contribution in [0.5, 0.6) is 11.5 Å². The van der Waals surface area contributed by atoms with Crippen LogP contribution in [0, 0.1) is 0 Å². The summed E-state index contributed by atoms with van der Waals surface area (Å²) in [4.78, 5) is 32.9. The molecule has 2 atom stereocenters. The van der Waals surface area contributed by atoms with Crippen LogP contribution in [0.2, 0.25) is 0 Å². The molecular weight excluding hydrogens is 542 g/mol. The molecule has 0 amide bonds. The van der Waals surface area contributed by atoms with Gasteiger partial charge in [-0.2, -0.15) is 0 Å². The van der Waals surface area contributed by atoms with E-state index in [2.05, 4.69) is 17.0 Å². The molecule has 3 aliphatic heterocycles. The van der Waals surface area contributed by atoms with Crippen molar-refractivity contribution in [3.05, 3.63) is 59.2 Å². The van der Waals surface area contributed by atoms with Gasteiger partial charge >= 0.3 is 17.9 Å². The third-order valence-electron chi connectivity index (χ3n) is 6.95. The highest BCUT2D eigenvalue weighted by atomic mass is 16.7. The highest BCUT2D eigenvalue weighted by Crippen LogP contribution is 2.48. The average Bonchev–Trinajstić information content (AvgIpc) is 3.30. The summed E-state index contributed by atoms with van der Waals surface area (Å²) >= 11 is 0. The van der Waals surface area contributed by atoms with E-state index in [4.69, 9.17) is 44.1 Å². The second-order valence-electron chi connectivity index (χ2n) is 9.87. The minimum Gasteiger partial charge on any atom is -0.497 e. The second kappa shape index (κ2) is 12.8. The Morgan fingerprint density at radius 3 is 2.34 bits per heavy atom. The summed E-state index contributed by atoms with van der Waals surface area (Å²) < 4.78 is 30.2. The molecule has 13 nitrogen and oxygen atoms in total. The van der Waals surface area contributed by atoms with Crippen molar-refractivity contribution in [3.63, 3.8) is 0 Å². The van der Waals surface area contributed by atoms with Crippen molar-refractivity contribution >= 4 is 17.9 Å². The van der Waals surface area contributed by atoms with Crippen LogP contribution in [0.15, 0.2) is 42.5 Å². The zero-order valence-electron chi connectivity index (χ0n) is 22.5. The van der Waals surface area contributed by atoms with Gasteiger partial charge in [0, 0.05) is 25.2 Å². The predicted octanol–water partition coefficient (Wildman–Crippen LogP) is 1.29. The maximum absolute atomic E-state index is 10.3. The van der Waals surface area contributed by atoms with E-state index in [1.807, 2.05) is 30.3 Å². The Morgan fingerprint density at radius 2 is 1.71 bits per heavy atom. The minimum atomic E-state index is -2.74. The van der Waals surface area contributed by atoms with Crippen LogP contribution < -0.4 is 9.47 Å². The molecule has 3 heterocycles. The smallest absolute Gasteiger partial charge is 0.336 e. The number of aliphatic carboxylic acids is 3. The molecule has 0 aromatic heterocycles. The first-order chi connectivity index (χ1) is 19.6. The van der Waals surface area contributed by atoms with Gasteiger partial charge in [-0.1, -0.05) is 24.3 Å². The summed E-state index contributed by atoms with van der Waals surface area (Å²) in [7, 11) is 1.66. The van der Waals surface area contributed by atoms with E-state index in [0.717, 1.165) is 61.0 Å². The van der Waals surface area contributed by atoms with Crippen molar-refractivity contribution in [2.75, 3.05) is 46.6 Å². The molecule has 0 aliphatic carbocycles. The Hall–Kier alpha value is -3.75. The zero-order valence-corrected chi connectivity index (χ0v) is 22.5. The van der Waals surface area contributed by atoms with E-state index in [1.165, 1.54) is 0 Å². The Morgan fingerprint density at radius 1 is 1.02 bits per heavy atom. The van der Waals surface area contributed by atoms with Crippen LogP contribution in [0.1, 0.15) is 29.5 Å². The lowest BCUT2D eigenvalue weighted by molar-refractivity contribution is -0.170. The van der Waals surface area contributed by atoms with Gasteiger partial charge < -0.3 is 44.1 Å². The first kappa shape index (κ1) is 30.2. The molecule has 13 heteroatoms. The third kappa shape index (κ3) is 6.94. The molecule has 41 heavy (non-hydrogen) atoms. The fraction of sp³-hybridized carbons (Fsp3) is 0.464. The van der Waals surface area contributed by atoms with Gasteiger partial charge in [0.25, 0.3) is 0 Å². The Bertz CT molecular complexity index is 1240. The fourth-order valence-corrected chi connectivity index (χ4v) is 4.96. The number of carboxylic acids is 3. The maximum atomic E-state index is 10.3. The van der Waals surface area contributed by atoms with Gasteiger partial charge in [0.05, 0.1) is 51.4 Å². The lowest BCUT2D eigenvalue weighted by Gasteiger charge is -2.31. The predicted molar refractivity (Wildman–Crippen MR) is 140 cm³/mol. The molecule has 4 N–H and O–H groups in total. The van der Waals surface area contributed by atoms with Crippen molar-refractivity contribution in [2.24, 2.45) is 0 Å². The molecule has 3 aliphatic rings. The Balaban J connectivity index is 0.000000254. The summed E-state index contributed by atoms with van der Waals surface area (Å²) in [6, 6.07) is 14.0. The van der Waals surface area contributed by atoms with Crippen molar-refractivity contribution < 1.29 is 58.5 Å². The Kier molecular flexibility index (Phi) is 9.46. The van der Waals surface area contributed by atoms with Gasteiger partial charge in [-0.15, -0.1) is 0 Å². The van der Waals surface area contributed by atoms with Crippen molar-refractivity contribution in [1.82, 2.24) is 4.90 Å². The lowest BCUT2D eigenvalue weighted by Crippen LogP contribution is -2.42. The largest absolute Gasteiger partial charge is 0.497 e. The van der Waals surface area contributed by atoms with E-state index >= 15 is 0 Å².